The molecule has 0 aromatic heterocycles. The van der Waals surface area contributed by atoms with Crippen molar-refractivity contribution in [3.8, 4) is 0 Å². The average Bonchev–Trinajstić information content (AvgIpc) is 1.98. The summed E-state index contributed by atoms with van der Waals surface area (Å²) in [5, 5.41) is 12.8. The Balaban J connectivity index is 3.96. The fourth-order valence-corrected chi connectivity index (χ4v) is 0.766. The molecule has 0 bridgehead atoms. The summed E-state index contributed by atoms with van der Waals surface area (Å²) in [7, 11) is 0. The number of carbonyl (C=O) groups is 1. The molecule has 13 heavy (non-hydrogen) atoms. The molecule has 0 heterocycles. The Hall–Kier alpha value is -1.39. The van der Waals surface area contributed by atoms with Gasteiger partial charge in [0.1, 0.15) is 0 Å². The van der Waals surface area contributed by atoms with Crippen LogP contribution in [0.4, 0.5) is 0 Å². The van der Waals surface area contributed by atoms with Crippen molar-refractivity contribution in [3.05, 3.63) is 22.3 Å². The van der Waals surface area contributed by atoms with E-state index >= 15 is 0 Å². The SMILES string of the molecule is CC(=O)NC(C)C=CC(C)[N+](=O)[O-]. The topological polar surface area (TPSA) is 72.2 Å². The third-order valence-electron chi connectivity index (χ3n) is 1.44. The molecule has 0 aliphatic heterocycles. The van der Waals surface area contributed by atoms with E-state index < -0.39 is 11.0 Å². The molecule has 74 valence electrons. The van der Waals surface area contributed by atoms with Gasteiger partial charge in [-0.2, -0.15) is 0 Å². The molecule has 2 unspecified atom stereocenters. The van der Waals surface area contributed by atoms with Crippen LogP contribution in [-0.2, 0) is 4.79 Å². The van der Waals surface area contributed by atoms with E-state index in [0.717, 1.165) is 0 Å². The average molecular weight is 186 g/mol. The van der Waals surface area contributed by atoms with Crippen LogP contribution in [0.3, 0.4) is 0 Å². The van der Waals surface area contributed by atoms with Crippen molar-refractivity contribution < 1.29 is 9.72 Å². The van der Waals surface area contributed by atoms with Crippen molar-refractivity contribution in [2.24, 2.45) is 0 Å². The lowest BCUT2D eigenvalue weighted by Gasteiger charge is -2.06. The molecule has 0 fully saturated rings. The van der Waals surface area contributed by atoms with Crippen LogP contribution in [0, 0.1) is 10.1 Å². The summed E-state index contributed by atoms with van der Waals surface area (Å²) in [5.74, 6) is -0.147. The highest BCUT2D eigenvalue weighted by Gasteiger charge is 2.07. The molecule has 0 saturated carbocycles. The number of nitrogens with one attached hydrogen (secondary N) is 1. The summed E-state index contributed by atoms with van der Waals surface area (Å²) in [6, 6.07) is -0.879. The van der Waals surface area contributed by atoms with Gasteiger partial charge in [-0.25, -0.2) is 0 Å². The van der Waals surface area contributed by atoms with Gasteiger partial charge in [0.2, 0.25) is 11.9 Å². The zero-order valence-corrected chi connectivity index (χ0v) is 7.98. The maximum atomic E-state index is 10.6. The van der Waals surface area contributed by atoms with Gasteiger partial charge >= 0.3 is 0 Å². The van der Waals surface area contributed by atoms with Gasteiger partial charge in [0.05, 0.1) is 0 Å². The van der Waals surface area contributed by atoms with Gasteiger partial charge in [-0.1, -0.05) is 6.08 Å². The summed E-state index contributed by atoms with van der Waals surface area (Å²) in [6.07, 6.45) is 3.06. The molecular weight excluding hydrogens is 172 g/mol. The lowest BCUT2D eigenvalue weighted by atomic mass is 10.2. The third-order valence-corrected chi connectivity index (χ3v) is 1.44. The number of nitrogens with zero attached hydrogens (tertiary/aromatic N) is 1. The van der Waals surface area contributed by atoms with Gasteiger partial charge in [-0.3, -0.25) is 14.9 Å². The van der Waals surface area contributed by atoms with E-state index in [1.54, 1.807) is 13.0 Å². The van der Waals surface area contributed by atoms with Gasteiger partial charge < -0.3 is 5.32 Å². The van der Waals surface area contributed by atoms with E-state index in [2.05, 4.69) is 5.32 Å². The molecule has 0 aliphatic rings. The van der Waals surface area contributed by atoms with Crippen LogP contribution < -0.4 is 5.32 Å². The molecule has 0 rings (SSSR count). The summed E-state index contributed by atoms with van der Waals surface area (Å²) < 4.78 is 0. The fourth-order valence-electron chi connectivity index (χ4n) is 0.766. The quantitative estimate of drug-likeness (QED) is 0.399. The minimum atomic E-state index is -0.712. The maximum absolute atomic E-state index is 10.6. The zero-order chi connectivity index (χ0) is 10.4. The standard InChI is InChI=1S/C8H14N2O3/c1-6(9-8(3)11)4-5-7(2)10(12)13/h4-7H,1-3H3,(H,9,11). The van der Waals surface area contributed by atoms with Crippen LogP contribution >= 0.6 is 0 Å². The second kappa shape index (κ2) is 5.29. The Morgan fingerprint density at radius 2 is 2.00 bits per heavy atom. The third kappa shape index (κ3) is 5.84. The normalized spacial score (nSPS) is 15.3. The van der Waals surface area contributed by atoms with E-state index in [-0.39, 0.29) is 11.9 Å². The highest BCUT2D eigenvalue weighted by Crippen LogP contribution is 1.93. The Bertz CT molecular complexity index is 225. The molecule has 0 aliphatic carbocycles. The summed E-state index contributed by atoms with van der Waals surface area (Å²) in [6.45, 7) is 4.64. The fraction of sp³-hybridized carbons (Fsp3) is 0.625. The number of amides is 1. The van der Waals surface area contributed by atoms with Crippen LogP contribution in [0.1, 0.15) is 20.8 Å². The number of hydrogen-bond donors (Lipinski definition) is 1. The Kier molecular flexibility index (Phi) is 4.72. The number of hydrogen-bond acceptors (Lipinski definition) is 3. The highest BCUT2D eigenvalue weighted by molar-refractivity contribution is 5.73. The first-order valence-corrected chi connectivity index (χ1v) is 4.02. The van der Waals surface area contributed by atoms with Gasteiger partial charge in [0, 0.05) is 24.8 Å². The number of carbonyl (C=O) groups excluding carboxylic acids is 1. The molecule has 1 amide bonds. The van der Waals surface area contributed by atoms with Gasteiger partial charge in [0.15, 0.2) is 0 Å². The first kappa shape index (κ1) is 11.6. The second-order valence-electron chi connectivity index (χ2n) is 2.90. The van der Waals surface area contributed by atoms with Crippen LogP contribution in [0.25, 0.3) is 0 Å². The van der Waals surface area contributed by atoms with Crippen LogP contribution in [0.2, 0.25) is 0 Å². The molecular formula is C8H14N2O3. The van der Waals surface area contributed by atoms with Crippen molar-refractivity contribution >= 4 is 5.91 Å². The first-order valence-electron chi connectivity index (χ1n) is 4.02. The van der Waals surface area contributed by atoms with Crippen molar-refractivity contribution in [1.29, 1.82) is 0 Å². The summed E-state index contributed by atoms with van der Waals surface area (Å²) in [4.78, 5) is 20.4. The highest BCUT2D eigenvalue weighted by atomic mass is 16.6. The van der Waals surface area contributed by atoms with E-state index in [4.69, 9.17) is 0 Å². The predicted octanol–water partition coefficient (Wildman–Crippen LogP) is 0.732. The van der Waals surface area contributed by atoms with Gasteiger partial charge in [-0.05, 0) is 13.0 Å². The summed E-state index contributed by atoms with van der Waals surface area (Å²) in [5.41, 5.74) is 0. The second-order valence-corrected chi connectivity index (χ2v) is 2.90. The maximum Gasteiger partial charge on any atom is 0.228 e. The van der Waals surface area contributed by atoms with E-state index in [1.165, 1.54) is 19.9 Å². The molecule has 0 aromatic rings. The van der Waals surface area contributed by atoms with Gasteiger partial charge in [0.25, 0.3) is 0 Å². The van der Waals surface area contributed by atoms with Crippen LogP contribution in [-0.4, -0.2) is 22.9 Å². The van der Waals surface area contributed by atoms with E-state index in [9.17, 15) is 14.9 Å². The molecule has 2 atom stereocenters. The van der Waals surface area contributed by atoms with E-state index in [1.807, 2.05) is 0 Å². The molecule has 0 saturated heterocycles. The molecule has 5 heteroatoms. The molecule has 0 radical (unpaired) electrons. The smallest absolute Gasteiger partial charge is 0.228 e. The number of nitro groups is 1. The van der Waals surface area contributed by atoms with Crippen molar-refractivity contribution in [2.75, 3.05) is 0 Å². The van der Waals surface area contributed by atoms with Crippen molar-refractivity contribution in [3.63, 3.8) is 0 Å². The van der Waals surface area contributed by atoms with Crippen LogP contribution in [0.5, 0.6) is 0 Å². The monoisotopic (exact) mass is 186 g/mol. The molecule has 5 nitrogen and oxygen atoms in total. The molecule has 1 N–H and O–H groups in total. The Labute approximate surface area is 77.0 Å². The Morgan fingerprint density at radius 3 is 2.38 bits per heavy atom. The lowest BCUT2D eigenvalue weighted by molar-refractivity contribution is -0.504. The summed E-state index contributed by atoms with van der Waals surface area (Å²) >= 11 is 0. The molecule has 0 spiro atoms. The first-order chi connectivity index (χ1) is 5.93. The Morgan fingerprint density at radius 1 is 1.46 bits per heavy atom. The lowest BCUT2D eigenvalue weighted by Crippen LogP contribution is -2.29. The van der Waals surface area contributed by atoms with Gasteiger partial charge in [-0.15, -0.1) is 0 Å². The zero-order valence-electron chi connectivity index (χ0n) is 7.98. The number of rotatable bonds is 4. The minimum absolute atomic E-state index is 0.147. The predicted molar refractivity (Wildman–Crippen MR) is 48.9 cm³/mol. The van der Waals surface area contributed by atoms with E-state index in [0.29, 0.717) is 0 Å². The minimum Gasteiger partial charge on any atom is -0.350 e. The van der Waals surface area contributed by atoms with Crippen molar-refractivity contribution in [2.45, 2.75) is 32.9 Å². The molecule has 0 aromatic carbocycles. The largest absolute Gasteiger partial charge is 0.350 e. The van der Waals surface area contributed by atoms with Crippen molar-refractivity contribution in [1.82, 2.24) is 5.32 Å². The van der Waals surface area contributed by atoms with Crippen LogP contribution in [0.15, 0.2) is 12.2 Å².